The smallest absolute Gasteiger partial charge is 0.144 e. The fourth-order valence-corrected chi connectivity index (χ4v) is 1.87. The molecule has 0 fully saturated rings. The third-order valence-corrected chi connectivity index (χ3v) is 2.50. The monoisotopic (exact) mass is 213 g/mol. The van der Waals surface area contributed by atoms with E-state index >= 15 is 0 Å². The van der Waals surface area contributed by atoms with Gasteiger partial charge in [0, 0.05) is 0 Å². The largest absolute Gasteiger partial charge is 0.463 e. The van der Waals surface area contributed by atoms with E-state index in [-0.39, 0.29) is 0 Å². The van der Waals surface area contributed by atoms with Gasteiger partial charge in [-0.05, 0) is 44.0 Å². The maximum atomic E-state index is 5.21. The molecule has 0 aliphatic heterocycles. The number of hydrogen-bond donors (Lipinski definition) is 0. The molecule has 0 bridgehead atoms. The summed E-state index contributed by atoms with van der Waals surface area (Å²) in [6, 6.07) is 8.03. The van der Waals surface area contributed by atoms with Crippen LogP contribution < -0.4 is 0 Å². The molecule has 82 valence electrons. The van der Waals surface area contributed by atoms with E-state index in [9.17, 15) is 0 Å². The van der Waals surface area contributed by atoms with Gasteiger partial charge in [-0.3, -0.25) is 4.99 Å². The Hall–Kier alpha value is -1.83. The molecule has 2 nitrogen and oxygen atoms in total. The first-order chi connectivity index (χ1) is 7.66. The first-order valence-electron chi connectivity index (χ1n) is 5.32. The summed E-state index contributed by atoms with van der Waals surface area (Å²) < 4.78 is 5.21. The van der Waals surface area contributed by atoms with E-state index in [4.69, 9.17) is 4.42 Å². The predicted octanol–water partition coefficient (Wildman–Crippen LogP) is 3.96. The molecule has 0 saturated heterocycles. The summed E-state index contributed by atoms with van der Waals surface area (Å²) in [6.07, 6.45) is 3.40. The summed E-state index contributed by atoms with van der Waals surface area (Å²) >= 11 is 0. The van der Waals surface area contributed by atoms with E-state index < -0.39 is 0 Å². The molecule has 0 atom stereocenters. The van der Waals surface area contributed by atoms with Crippen molar-refractivity contribution in [1.82, 2.24) is 0 Å². The highest BCUT2D eigenvalue weighted by molar-refractivity contribution is 5.79. The fourth-order valence-electron chi connectivity index (χ4n) is 1.87. The fraction of sp³-hybridized carbons (Fsp3) is 0.214. The van der Waals surface area contributed by atoms with Crippen LogP contribution in [0.5, 0.6) is 0 Å². The van der Waals surface area contributed by atoms with E-state index in [0.717, 1.165) is 11.4 Å². The van der Waals surface area contributed by atoms with Crippen LogP contribution in [0.3, 0.4) is 0 Å². The van der Waals surface area contributed by atoms with Gasteiger partial charge in [0.2, 0.25) is 0 Å². The summed E-state index contributed by atoms with van der Waals surface area (Å²) in [5, 5.41) is 0. The molecule has 0 saturated carbocycles. The van der Waals surface area contributed by atoms with Crippen molar-refractivity contribution in [2.45, 2.75) is 20.8 Å². The van der Waals surface area contributed by atoms with Crippen LogP contribution in [0, 0.1) is 20.8 Å². The summed E-state index contributed by atoms with van der Waals surface area (Å²) in [5.74, 6) is 0.777. The van der Waals surface area contributed by atoms with E-state index in [1.54, 1.807) is 12.5 Å². The van der Waals surface area contributed by atoms with Crippen LogP contribution in [-0.4, -0.2) is 6.21 Å². The molecule has 1 heterocycles. The summed E-state index contributed by atoms with van der Waals surface area (Å²) in [6.45, 7) is 6.25. The summed E-state index contributed by atoms with van der Waals surface area (Å²) in [5.41, 5.74) is 4.69. The van der Waals surface area contributed by atoms with Crippen molar-refractivity contribution in [3.8, 4) is 0 Å². The lowest BCUT2D eigenvalue weighted by Crippen LogP contribution is -1.84. The van der Waals surface area contributed by atoms with E-state index in [1.807, 2.05) is 12.1 Å². The Morgan fingerprint density at radius 1 is 1.12 bits per heavy atom. The Balaban J connectivity index is 2.35. The molecule has 1 aromatic heterocycles. The molecule has 0 aliphatic carbocycles. The number of rotatable bonds is 2. The normalized spacial score (nSPS) is 11.2. The van der Waals surface area contributed by atoms with Gasteiger partial charge in [0.15, 0.2) is 0 Å². The molecule has 0 aliphatic rings. The first kappa shape index (κ1) is 10.7. The molecule has 2 aromatic rings. The average molecular weight is 213 g/mol. The summed E-state index contributed by atoms with van der Waals surface area (Å²) in [7, 11) is 0. The zero-order valence-electron chi connectivity index (χ0n) is 9.82. The summed E-state index contributed by atoms with van der Waals surface area (Å²) in [4.78, 5) is 4.47. The van der Waals surface area contributed by atoms with Crippen LogP contribution in [0.1, 0.15) is 22.5 Å². The van der Waals surface area contributed by atoms with Crippen molar-refractivity contribution >= 4 is 11.9 Å². The van der Waals surface area contributed by atoms with Crippen molar-refractivity contribution in [2.75, 3.05) is 0 Å². The second-order valence-electron chi connectivity index (χ2n) is 4.02. The van der Waals surface area contributed by atoms with Gasteiger partial charge in [-0.2, -0.15) is 0 Å². The SMILES string of the molecule is Cc1cc(C)c(N=Cc2ccco2)c(C)c1. The van der Waals surface area contributed by atoms with Gasteiger partial charge in [0.1, 0.15) is 5.76 Å². The van der Waals surface area contributed by atoms with Gasteiger partial charge >= 0.3 is 0 Å². The minimum absolute atomic E-state index is 0.777. The lowest BCUT2D eigenvalue weighted by Gasteiger charge is -2.05. The zero-order chi connectivity index (χ0) is 11.5. The van der Waals surface area contributed by atoms with Gasteiger partial charge in [-0.25, -0.2) is 0 Å². The lowest BCUT2D eigenvalue weighted by molar-refractivity contribution is 0.560. The molecule has 0 N–H and O–H groups in total. The Morgan fingerprint density at radius 2 is 1.81 bits per heavy atom. The highest BCUT2D eigenvalue weighted by Gasteiger charge is 2.01. The zero-order valence-corrected chi connectivity index (χ0v) is 9.82. The van der Waals surface area contributed by atoms with Crippen LogP contribution in [0.15, 0.2) is 39.9 Å². The van der Waals surface area contributed by atoms with Gasteiger partial charge in [-0.1, -0.05) is 17.7 Å². The van der Waals surface area contributed by atoms with Crippen molar-refractivity contribution in [1.29, 1.82) is 0 Å². The van der Waals surface area contributed by atoms with Crippen LogP contribution in [0.25, 0.3) is 0 Å². The molecular weight excluding hydrogens is 198 g/mol. The quantitative estimate of drug-likeness (QED) is 0.693. The highest BCUT2D eigenvalue weighted by Crippen LogP contribution is 2.24. The standard InChI is InChI=1S/C14H15NO/c1-10-7-11(2)14(12(3)8-10)15-9-13-5-4-6-16-13/h4-9H,1-3H3. The number of furan rings is 1. The Kier molecular flexibility index (Phi) is 2.91. The Labute approximate surface area is 95.6 Å². The third kappa shape index (κ3) is 2.22. The lowest BCUT2D eigenvalue weighted by atomic mass is 10.1. The van der Waals surface area contributed by atoms with Gasteiger partial charge in [-0.15, -0.1) is 0 Å². The minimum Gasteiger partial charge on any atom is -0.463 e. The first-order valence-corrected chi connectivity index (χ1v) is 5.32. The Bertz CT molecular complexity index is 487. The van der Waals surface area contributed by atoms with Gasteiger partial charge in [0.25, 0.3) is 0 Å². The van der Waals surface area contributed by atoms with Crippen molar-refractivity contribution in [3.63, 3.8) is 0 Å². The molecule has 2 rings (SSSR count). The molecular formula is C14H15NO. The van der Waals surface area contributed by atoms with Crippen LogP contribution in [-0.2, 0) is 0 Å². The van der Waals surface area contributed by atoms with Crippen molar-refractivity contribution in [2.24, 2.45) is 4.99 Å². The van der Waals surface area contributed by atoms with Gasteiger partial charge in [0.05, 0.1) is 18.2 Å². The predicted molar refractivity (Wildman–Crippen MR) is 66.6 cm³/mol. The number of hydrogen-bond acceptors (Lipinski definition) is 2. The number of benzene rings is 1. The average Bonchev–Trinajstić information content (AvgIpc) is 2.68. The molecule has 16 heavy (non-hydrogen) atoms. The maximum absolute atomic E-state index is 5.21. The highest BCUT2D eigenvalue weighted by atomic mass is 16.3. The molecule has 2 heteroatoms. The van der Waals surface area contributed by atoms with E-state index in [1.165, 1.54) is 16.7 Å². The Morgan fingerprint density at radius 3 is 2.38 bits per heavy atom. The van der Waals surface area contributed by atoms with Gasteiger partial charge < -0.3 is 4.42 Å². The van der Waals surface area contributed by atoms with Crippen molar-refractivity contribution in [3.05, 3.63) is 53.0 Å². The molecule has 0 unspecified atom stereocenters. The number of nitrogens with zero attached hydrogens (tertiary/aromatic N) is 1. The third-order valence-electron chi connectivity index (χ3n) is 2.50. The second-order valence-corrected chi connectivity index (χ2v) is 4.02. The number of aliphatic imine (C=N–C) groups is 1. The maximum Gasteiger partial charge on any atom is 0.144 e. The van der Waals surface area contributed by atoms with Crippen molar-refractivity contribution < 1.29 is 4.42 Å². The van der Waals surface area contributed by atoms with E-state index in [0.29, 0.717) is 0 Å². The van der Waals surface area contributed by atoms with Crippen LogP contribution in [0.2, 0.25) is 0 Å². The topological polar surface area (TPSA) is 25.5 Å². The minimum atomic E-state index is 0.777. The van der Waals surface area contributed by atoms with Crippen LogP contribution in [0.4, 0.5) is 5.69 Å². The van der Waals surface area contributed by atoms with Crippen LogP contribution >= 0.6 is 0 Å². The van der Waals surface area contributed by atoms with E-state index in [2.05, 4.69) is 37.9 Å². The number of aryl methyl sites for hydroxylation is 3. The molecule has 0 radical (unpaired) electrons. The molecule has 0 spiro atoms. The molecule has 0 amide bonds. The molecule has 1 aromatic carbocycles. The second kappa shape index (κ2) is 4.35.